The summed E-state index contributed by atoms with van der Waals surface area (Å²) >= 11 is 1.32. The second-order valence-electron chi connectivity index (χ2n) is 7.19. The van der Waals surface area contributed by atoms with Crippen LogP contribution in [0.25, 0.3) is 0 Å². The van der Waals surface area contributed by atoms with Crippen LogP contribution in [0.4, 0.5) is 5.00 Å². The van der Waals surface area contributed by atoms with Gasteiger partial charge in [-0.25, -0.2) is 0 Å². The lowest BCUT2D eigenvalue weighted by Gasteiger charge is -2.31. The molecule has 2 unspecified atom stereocenters. The van der Waals surface area contributed by atoms with Crippen molar-refractivity contribution in [1.82, 2.24) is 0 Å². The molecule has 6 nitrogen and oxygen atoms in total. The molecule has 2 aromatic rings. The lowest BCUT2D eigenvalue weighted by atomic mass is 9.79. The summed E-state index contributed by atoms with van der Waals surface area (Å²) in [7, 11) is 0. The van der Waals surface area contributed by atoms with E-state index in [1.54, 1.807) is 0 Å². The number of anilines is 1. The van der Waals surface area contributed by atoms with Gasteiger partial charge in [-0.05, 0) is 30.9 Å². The number of thiophene rings is 1. The van der Waals surface area contributed by atoms with Crippen LogP contribution in [0.2, 0.25) is 0 Å². The molecule has 0 saturated heterocycles. The minimum absolute atomic E-state index is 0.296. The van der Waals surface area contributed by atoms with E-state index < -0.39 is 23.7 Å². The fraction of sp³-hybridized carbons (Fsp3) is 0.381. The Hall–Kier alpha value is -2.67. The van der Waals surface area contributed by atoms with Crippen molar-refractivity contribution >= 4 is 34.1 Å². The van der Waals surface area contributed by atoms with Gasteiger partial charge in [0.1, 0.15) is 5.00 Å². The molecule has 0 spiro atoms. The van der Waals surface area contributed by atoms with E-state index in [1.165, 1.54) is 11.3 Å². The van der Waals surface area contributed by atoms with Crippen molar-refractivity contribution in [2.45, 2.75) is 39.0 Å². The highest BCUT2D eigenvalue weighted by molar-refractivity contribution is 7.17. The van der Waals surface area contributed by atoms with E-state index in [9.17, 15) is 19.5 Å². The molecule has 3 N–H and O–H groups in total. The van der Waals surface area contributed by atoms with Gasteiger partial charge in [0.15, 0.2) is 0 Å². The molecule has 28 heavy (non-hydrogen) atoms. The van der Waals surface area contributed by atoms with E-state index in [1.807, 2.05) is 37.3 Å². The average Bonchev–Trinajstić information content (AvgIpc) is 2.97. The molecule has 2 atom stereocenters. The molecule has 1 aliphatic carbocycles. The largest absolute Gasteiger partial charge is 0.550 e. The number of nitrogens with one attached hydrogen (secondary N) is 1. The quantitative estimate of drug-likeness (QED) is 0.775. The molecule has 3 rings (SSSR count). The third-order valence-corrected chi connectivity index (χ3v) is 6.55. The van der Waals surface area contributed by atoms with E-state index >= 15 is 0 Å². The van der Waals surface area contributed by atoms with Crippen LogP contribution in [0, 0.1) is 18.8 Å². The van der Waals surface area contributed by atoms with Crippen molar-refractivity contribution in [1.29, 1.82) is 0 Å². The first kappa shape index (κ1) is 20.1. The molecule has 7 heteroatoms. The smallest absolute Gasteiger partial charge is 0.251 e. The van der Waals surface area contributed by atoms with Crippen LogP contribution in [0.15, 0.2) is 30.3 Å². The highest BCUT2D eigenvalue weighted by Crippen LogP contribution is 2.36. The number of nitrogens with two attached hydrogens (primary N) is 1. The van der Waals surface area contributed by atoms with E-state index in [0.29, 0.717) is 29.8 Å². The molecule has 1 aromatic carbocycles. The topological polar surface area (TPSA) is 112 Å². The van der Waals surface area contributed by atoms with Crippen molar-refractivity contribution in [2.24, 2.45) is 17.6 Å². The Morgan fingerprint density at radius 2 is 1.79 bits per heavy atom. The molecule has 0 radical (unpaired) electrons. The Morgan fingerprint density at radius 3 is 2.39 bits per heavy atom. The van der Waals surface area contributed by atoms with Gasteiger partial charge in [0.25, 0.3) is 5.91 Å². The number of amides is 2. The maximum Gasteiger partial charge on any atom is 0.251 e. The van der Waals surface area contributed by atoms with Gasteiger partial charge in [0, 0.05) is 29.1 Å². The zero-order chi connectivity index (χ0) is 20.3. The third-order valence-electron chi connectivity index (χ3n) is 5.34. The minimum atomic E-state index is -1.19. The number of rotatable bonds is 6. The zero-order valence-corrected chi connectivity index (χ0v) is 16.5. The van der Waals surface area contributed by atoms with Crippen LogP contribution < -0.4 is 16.2 Å². The lowest BCUT2D eigenvalue weighted by Crippen LogP contribution is -2.42. The van der Waals surface area contributed by atoms with Crippen molar-refractivity contribution < 1.29 is 19.5 Å². The molecule has 1 aromatic heterocycles. The Kier molecular flexibility index (Phi) is 6.14. The summed E-state index contributed by atoms with van der Waals surface area (Å²) in [6, 6.07) is 9.81. The van der Waals surface area contributed by atoms with Crippen LogP contribution in [-0.4, -0.2) is 17.8 Å². The molecule has 1 fully saturated rings. The Balaban J connectivity index is 1.86. The molecule has 1 saturated carbocycles. The van der Waals surface area contributed by atoms with Crippen LogP contribution >= 0.6 is 11.3 Å². The van der Waals surface area contributed by atoms with Crippen molar-refractivity contribution in [3.63, 3.8) is 0 Å². The normalized spacial score (nSPS) is 19.2. The Labute approximate surface area is 167 Å². The molecule has 0 aliphatic heterocycles. The summed E-state index contributed by atoms with van der Waals surface area (Å²) in [6.45, 7) is 1.81. The van der Waals surface area contributed by atoms with Gasteiger partial charge in [0.2, 0.25) is 5.91 Å². The van der Waals surface area contributed by atoms with Gasteiger partial charge in [-0.15, -0.1) is 11.3 Å². The molecular weight excluding hydrogens is 376 g/mol. The first-order valence-electron chi connectivity index (χ1n) is 9.36. The fourth-order valence-electron chi connectivity index (χ4n) is 3.83. The number of aliphatic carboxylic acids is 1. The standard InChI is InChI=1S/C21H24N2O4S/c1-12-16(11-13-7-3-2-4-8-13)28-20(17(12)18(22)24)23-19(25)14-9-5-6-10-15(14)21(26)27/h2-4,7-8,14-15H,5-6,9-11H2,1H3,(H2,22,24)(H,23,25)(H,26,27)/p-1. The van der Waals surface area contributed by atoms with Crippen LogP contribution in [-0.2, 0) is 16.0 Å². The number of benzene rings is 1. The Morgan fingerprint density at radius 1 is 1.14 bits per heavy atom. The van der Waals surface area contributed by atoms with E-state index in [0.717, 1.165) is 28.8 Å². The maximum atomic E-state index is 12.8. The fourth-order valence-corrected chi connectivity index (χ4v) is 5.07. The predicted molar refractivity (Wildman–Crippen MR) is 106 cm³/mol. The summed E-state index contributed by atoms with van der Waals surface area (Å²) < 4.78 is 0. The number of hydrogen-bond donors (Lipinski definition) is 2. The minimum Gasteiger partial charge on any atom is -0.550 e. The second-order valence-corrected chi connectivity index (χ2v) is 8.29. The molecule has 1 aliphatic rings. The van der Waals surface area contributed by atoms with Crippen LogP contribution in [0.1, 0.15) is 52.0 Å². The van der Waals surface area contributed by atoms with Gasteiger partial charge < -0.3 is 21.0 Å². The number of carbonyl (C=O) groups excluding carboxylic acids is 3. The van der Waals surface area contributed by atoms with Crippen LogP contribution in [0.5, 0.6) is 0 Å². The van der Waals surface area contributed by atoms with Gasteiger partial charge >= 0.3 is 0 Å². The van der Waals surface area contributed by atoms with Gasteiger partial charge in [0.05, 0.1) is 5.56 Å². The highest BCUT2D eigenvalue weighted by atomic mass is 32.1. The van der Waals surface area contributed by atoms with Gasteiger partial charge in [-0.3, -0.25) is 9.59 Å². The lowest BCUT2D eigenvalue weighted by molar-refractivity contribution is -0.313. The SMILES string of the molecule is Cc1c(Cc2ccccc2)sc(NC(=O)C2CCCCC2C(=O)[O-])c1C(N)=O. The predicted octanol–water partition coefficient (Wildman–Crippen LogP) is 2.24. The van der Waals surface area contributed by atoms with E-state index in [4.69, 9.17) is 5.73 Å². The maximum absolute atomic E-state index is 12.8. The summed E-state index contributed by atoms with van der Waals surface area (Å²) in [5.41, 5.74) is 7.70. The van der Waals surface area contributed by atoms with Crippen molar-refractivity contribution in [3.8, 4) is 0 Å². The highest BCUT2D eigenvalue weighted by Gasteiger charge is 2.33. The number of carbonyl (C=O) groups is 3. The summed E-state index contributed by atoms with van der Waals surface area (Å²) in [5.74, 6) is -3.63. The molecule has 148 valence electrons. The van der Waals surface area contributed by atoms with Crippen molar-refractivity contribution in [3.05, 3.63) is 51.9 Å². The summed E-state index contributed by atoms with van der Waals surface area (Å²) in [6.07, 6.45) is 3.13. The van der Waals surface area contributed by atoms with E-state index in [2.05, 4.69) is 5.32 Å². The van der Waals surface area contributed by atoms with Gasteiger partial charge in [-0.2, -0.15) is 0 Å². The summed E-state index contributed by atoms with van der Waals surface area (Å²) in [5, 5.41) is 14.6. The zero-order valence-electron chi connectivity index (χ0n) is 15.7. The molecule has 0 bridgehead atoms. The number of carboxylic acids is 1. The Bertz CT molecular complexity index is 891. The second kappa shape index (κ2) is 8.56. The van der Waals surface area contributed by atoms with Crippen LogP contribution in [0.3, 0.4) is 0 Å². The van der Waals surface area contributed by atoms with Gasteiger partial charge in [-0.1, -0.05) is 43.2 Å². The number of hydrogen-bond acceptors (Lipinski definition) is 5. The van der Waals surface area contributed by atoms with E-state index in [-0.39, 0.29) is 5.91 Å². The first-order valence-corrected chi connectivity index (χ1v) is 10.2. The number of primary amides is 1. The van der Waals surface area contributed by atoms with Crippen molar-refractivity contribution in [2.75, 3.05) is 5.32 Å². The summed E-state index contributed by atoms with van der Waals surface area (Å²) in [4.78, 5) is 37.1. The average molecular weight is 399 g/mol. The third kappa shape index (κ3) is 4.25. The molecule has 2 amide bonds. The first-order chi connectivity index (χ1) is 13.4. The molecular formula is C21H23N2O4S-. The molecule has 1 heterocycles. The monoisotopic (exact) mass is 399 g/mol. The number of carboxylic acid groups (broad SMARTS) is 1.